The summed E-state index contributed by atoms with van der Waals surface area (Å²) in [5, 5.41) is 11.5. The van der Waals surface area contributed by atoms with Crippen LogP contribution in [0.2, 0.25) is 0 Å². The fourth-order valence-electron chi connectivity index (χ4n) is 7.40. The molecule has 8 aromatic carbocycles. The van der Waals surface area contributed by atoms with E-state index in [0.717, 1.165) is 55.0 Å². The summed E-state index contributed by atoms with van der Waals surface area (Å²) in [5.74, 6) is 0. The molecule has 2 nitrogen and oxygen atoms in total. The quantitative estimate of drug-likeness (QED) is 0.186. The van der Waals surface area contributed by atoms with Crippen molar-refractivity contribution >= 4 is 75.9 Å². The van der Waals surface area contributed by atoms with Gasteiger partial charge in [0.15, 0.2) is 0 Å². The topological polar surface area (TPSA) is 9.86 Å². The van der Waals surface area contributed by atoms with Gasteiger partial charge in [-0.3, -0.25) is 0 Å². The van der Waals surface area contributed by atoms with Crippen molar-refractivity contribution in [2.75, 3.05) is 0 Å². The first-order valence-corrected chi connectivity index (χ1v) is 15.0. The van der Waals surface area contributed by atoms with Crippen LogP contribution in [0, 0.1) is 0 Å². The molecular weight excluding hydrogens is 532 g/mol. The molecule has 0 spiro atoms. The molecular formula is C42H26N2. The second-order valence-electron chi connectivity index (χ2n) is 11.6. The van der Waals surface area contributed by atoms with Crippen LogP contribution >= 0.6 is 0 Å². The van der Waals surface area contributed by atoms with Crippen LogP contribution in [0.5, 0.6) is 0 Å². The first-order valence-electron chi connectivity index (χ1n) is 16.0. The lowest BCUT2D eigenvalue weighted by molar-refractivity contribution is 1.17. The van der Waals surface area contributed by atoms with Crippen molar-refractivity contribution in [3.63, 3.8) is 0 Å². The van der Waals surface area contributed by atoms with Gasteiger partial charge in [-0.15, -0.1) is 0 Å². The van der Waals surface area contributed by atoms with Crippen LogP contribution < -0.4 is 0 Å². The largest absolute Gasteiger partial charge is 0.309 e. The maximum absolute atomic E-state index is 9.59. The molecule has 10 rings (SSSR count). The molecule has 10 aromatic rings. The molecule has 2 aromatic heterocycles. The highest BCUT2D eigenvalue weighted by atomic mass is 15.0. The zero-order valence-electron chi connectivity index (χ0n) is 25.8. The van der Waals surface area contributed by atoms with E-state index in [0.29, 0.717) is 0 Å². The Morgan fingerprint density at radius 2 is 0.841 bits per heavy atom. The van der Waals surface area contributed by atoms with Gasteiger partial charge < -0.3 is 9.13 Å². The molecule has 2 heteroatoms. The second kappa shape index (κ2) is 8.82. The third-order valence-electron chi connectivity index (χ3n) is 9.30. The Kier molecular flexibility index (Phi) is 4.37. The number of rotatable bonds is 2. The van der Waals surface area contributed by atoms with E-state index >= 15 is 0 Å². The Morgan fingerprint density at radius 1 is 0.341 bits per heavy atom. The summed E-state index contributed by atoms with van der Waals surface area (Å²) in [6.07, 6.45) is 0. The average Bonchev–Trinajstić information content (AvgIpc) is 3.64. The monoisotopic (exact) mass is 560 g/mol. The highest BCUT2D eigenvalue weighted by Gasteiger charge is 2.20. The zero-order valence-corrected chi connectivity index (χ0v) is 23.8. The fraction of sp³-hybridized carbons (Fsp3) is 0. The molecule has 0 N–H and O–H groups in total. The Labute approximate surface area is 256 Å². The SMILES string of the molecule is [2H]c1c([2H])c2c(c3ccccc3n2-c2ccc3ccc4c5ccccc5ccc4c3c2)c2c3ccccc3n(-c3ccccc3)c12. The standard InChI is InChI=1S/C42H26N2/c1-2-11-29(12-3-1)43-37-16-8-6-14-34(37)41-39(43)24-25-40-42(41)35-15-7-9-17-38(35)44(40)30-21-18-28-20-22-32-31-13-5-4-10-27(31)19-23-33(32)36(28)26-30/h1-26H/i24D,25D. The van der Waals surface area contributed by atoms with E-state index in [1.54, 1.807) is 0 Å². The van der Waals surface area contributed by atoms with E-state index in [1.165, 1.54) is 32.3 Å². The van der Waals surface area contributed by atoms with Crippen molar-refractivity contribution in [2.45, 2.75) is 0 Å². The lowest BCUT2D eigenvalue weighted by Gasteiger charge is -2.12. The maximum Gasteiger partial charge on any atom is 0.0646 e. The molecule has 0 aliphatic heterocycles. The van der Waals surface area contributed by atoms with E-state index in [-0.39, 0.29) is 12.1 Å². The molecule has 204 valence electrons. The summed E-state index contributed by atoms with van der Waals surface area (Å²) in [5.41, 5.74) is 5.56. The Balaban J connectivity index is 1.37. The van der Waals surface area contributed by atoms with Crippen LogP contribution in [0.15, 0.2) is 158 Å². The van der Waals surface area contributed by atoms with E-state index in [4.69, 9.17) is 0 Å². The summed E-state index contributed by atoms with van der Waals surface area (Å²) in [7, 11) is 0. The predicted octanol–water partition coefficient (Wildman–Crippen LogP) is 11.3. The summed E-state index contributed by atoms with van der Waals surface area (Å²) < 4.78 is 23.5. The van der Waals surface area contributed by atoms with E-state index < -0.39 is 0 Å². The minimum Gasteiger partial charge on any atom is -0.309 e. The zero-order chi connectivity index (χ0) is 30.5. The van der Waals surface area contributed by atoms with Gasteiger partial charge in [0.05, 0.1) is 24.8 Å². The molecule has 0 unspecified atom stereocenters. The van der Waals surface area contributed by atoms with Crippen LogP contribution in [-0.2, 0) is 0 Å². The Hall–Kier alpha value is -5.86. The van der Waals surface area contributed by atoms with Crippen LogP contribution in [0.25, 0.3) is 87.3 Å². The van der Waals surface area contributed by atoms with Gasteiger partial charge in [0.1, 0.15) is 0 Å². The number of para-hydroxylation sites is 3. The van der Waals surface area contributed by atoms with Gasteiger partial charge in [0.25, 0.3) is 0 Å². The smallest absolute Gasteiger partial charge is 0.0646 e. The number of aromatic nitrogens is 2. The van der Waals surface area contributed by atoms with Crippen molar-refractivity contribution < 1.29 is 2.74 Å². The van der Waals surface area contributed by atoms with Crippen LogP contribution in [0.3, 0.4) is 0 Å². The molecule has 44 heavy (non-hydrogen) atoms. The molecule has 0 bridgehead atoms. The lowest BCUT2D eigenvalue weighted by Crippen LogP contribution is -1.95. The molecule has 0 saturated carbocycles. The molecule has 0 aliphatic rings. The molecule has 2 heterocycles. The third-order valence-corrected chi connectivity index (χ3v) is 9.30. The molecule has 0 radical (unpaired) electrons. The number of hydrogen-bond acceptors (Lipinski definition) is 0. The predicted molar refractivity (Wildman–Crippen MR) is 188 cm³/mol. The first kappa shape index (κ1) is 21.8. The Morgan fingerprint density at radius 3 is 1.52 bits per heavy atom. The lowest BCUT2D eigenvalue weighted by atomic mass is 9.97. The summed E-state index contributed by atoms with van der Waals surface area (Å²) in [6, 6.07) is 51.5. The van der Waals surface area contributed by atoms with Gasteiger partial charge in [-0.1, -0.05) is 109 Å². The van der Waals surface area contributed by atoms with E-state index in [9.17, 15) is 2.74 Å². The molecule has 0 saturated heterocycles. The average molecular weight is 561 g/mol. The highest BCUT2D eigenvalue weighted by molar-refractivity contribution is 6.29. The summed E-state index contributed by atoms with van der Waals surface area (Å²) in [4.78, 5) is 0. The van der Waals surface area contributed by atoms with Crippen molar-refractivity contribution in [1.29, 1.82) is 0 Å². The molecule has 0 amide bonds. The second-order valence-corrected chi connectivity index (χ2v) is 11.6. The van der Waals surface area contributed by atoms with E-state index in [1.807, 2.05) is 18.2 Å². The molecule has 0 fully saturated rings. The number of fused-ring (bicyclic) bond motifs is 12. The number of nitrogens with zero attached hydrogens (tertiary/aromatic N) is 2. The summed E-state index contributed by atoms with van der Waals surface area (Å²) in [6.45, 7) is 0. The molecule has 0 atom stereocenters. The van der Waals surface area contributed by atoms with Crippen molar-refractivity contribution in [3.8, 4) is 11.4 Å². The van der Waals surface area contributed by atoms with Crippen LogP contribution in [0.4, 0.5) is 0 Å². The van der Waals surface area contributed by atoms with Crippen LogP contribution in [-0.4, -0.2) is 9.13 Å². The van der Waals surface area contributed by atoms with Crippen molar-refractivity contribution in [1.82, 2.24) is 9.13 Å². The highest BCUT2D eigenvalue weighted by Crippen LogP contribution is 2.42. The minimum atomic E-state index is 0.225. The fourth-order valence-corrected chi connectivity index (χ4v) is 7.40. The molecule has 0 aliphatic carbocycles. The summed E-state index contributed by atoms with van der Waals surface area (Å²) >= 11 is 0. The van der Waals surface area contributed by atoms with Gasteiger partial charge in [-0.2, -0.15) is 0 Å². The third kappa shape index (κ3) is 3.14. The minimum absolute atomic E-state index is 0.225. The normalized spacial score (nSPS) is 12.7. The van der Waals surface area contributed by atoms with Gasteiger partial charge in [-0.05, 0) is 80.8 Å². The van der Waals surface area contributed by atoms with Gasteiger partial charge in [0.2, 0.25) is 0 Å². The van der Waals surface area contributed by atoms with Crippen LogP contribution in [0.1, 0.15) is 2.74 Å². The number of hydrogen-bond donors (Lipinski definition) is 0. The van der Waals surface area contributed by atoms with Crippen molar-refractivity contribution in [2.24, 2.45) is 0 Å². The van der Waals surface area contributed by atoms with E-state index in [2.05, 4.69) is 137 Å². The van der Waals surface area contributed by atoms with Gasteiger partial charge in [-0.25, -0.2) is 0 Å². The van der Waals surface area contributed by atoms with Crippen molar-refractivity contribution in [3.05, 3.63) is 158 Å². The van der Waals surface area contributed by atoms with Gasteiger partial charge in [0, 0.05) is 32.9 Å². The maximum atomic E-state index is 9.59. The van der Waals surface area contributed by atoms with Gasteiger partial charge >= 0.3 is 0 Å². The Bertz CT molecular complexity index is 2880. The first-order chi connectivity index (χ1) is 22.7. The number of benzene rings is 8.